The fourth-order valence-corrected chi connectivity index (χ4v) is 7.34. The first-order valence-corrected chi connectivity index (χ1v) is 11.7. The number of thiocarbonyl (C=S) groups is 1. The number of nitrogens with zero attached hydrogens (tertiary/aromatic N) is 1. The largest absolute Gasteiger partial charge is 0.462 e. The van der Waals surface area contributed by atoms with Crippen molar-refractivity contribution in [2.75, 3.05) is 0 Å². The van der Waals surface area contributed by atoms with Crippen LogP contribution in [0.25, 0.3) is 0 Å². The summed E-state index contributed by atoms with van der Waals surface area (Å²) >= 11 is 4.91. The Balaban J connectivity index is 1.55. The highest BCUT2D eigenvalue weighted by atomic mass is 32.1. The predicted molar refractivity (Wildman–Crippen MR) is 124 cm³/mol. The van der Waals surface area contributed by atoms with Crippen molar-refractivity contribution in [2.45, 2.75) is 78.7 Å². The molecule has 0 aromatic heterocycles. The van der Waals surface area contributed by atoms with E-state index in [-0.39, 0.29) is 28.0 Å². The van der Waals surface area contributed by atoms with Crippen molar-refractivity contribution in [1.29, 1.82) is 0 Å². The number of carbonyl (C=O) groups excluding carboxylic acids is 1. The van der Waals surface area contributed by atoms with Gasteiger partial charge in [0.25, 0.3) is 0 Å². The maximum atomic E-state index is 11.4. The summed E-state index contributed by atoms with van der Waals surface area (Å²) < 4.78 is 5.56. The van der Waals surface area contributed by atoms with E-state index in [0.717, 1.165) is 37.8 Å². The van der Waals surface area contributed by atoms with Gasteiger partial charge in [0.05, 0.1) is 5.71 Å². The van der Waals surface area contributed by atoms with E-state index in [2.05, 4.69) is 43.5 Å². The number of hydrogen-bond donors (Lipinski definition) is 2. The van der Waals surface area contributed by atoms with Crippen molar-refractivity contribution in [3.8, 4) is 0 Å². The molecule has 4 aliphatic carbocycles. The first kappa shape index (κ1) is 21.5. The van der Waals surface area contributed by atoms with Crippen molar-refractivity contribution in [3.05, 3.63) is 23.3 Å². The van der Waals surface area contributed by atoms with Gasteiger partial charge in [-0.25, -0.2) is 0 Å². The highest BCUT2D eigenvalue weighted by molar-refractivity contribution is 7.80. The molecule has 0 amide bonds. The van der Waals surface area contributed by atoms with Gasteiger partial charge < -0.3 is 10.5 Å². The number of nitrogens with one attached hydrogen (secondary N) is 1. The van der Waals surface area contributed by atoms with Crippen LogP contribution in [0.3, 0.4) is 0 Å². The fourth-order valence-electron chi connectivity index (χ4n) is 7.29. The minimum absolute atomic E-state index is 0.0620. The second kappa shape index (κ2) is 7.77. The van der Waals surface area contributed by atoms with Crippen LogP contribution in [0.15, 0.2) is 28.4 Å². The Bertz CT molecular complexity index is 847. The summed E-state index contributed by atoms with van der Waals surface area (Å²) in [5.41, 5.74) is 12.7. The summed E-state index contributed by atoms with van der Waals surface area (Å²) in [6, 6.07) is 0. The summed E-state index contributed by atoms with van der Waals surface area (Å²) in [4.78, 5) is 11.4. The number of hydrazone groups is 1. The van der Waals surface area contributed by atoms with Gasteiger partial charge in [0.15, 0.2) is 5.11 Å². The van der Waals surface area contributed by atoms with Crippen molar-refractivity contribution in [2.24, 2.45) is 39.4 Å². The monoisotopic (exact) mass is 429 g/mol. The quantitative estimate of drug-likeness (QED) is 0.225. The molecule has 6 heteroatoms. The Labute approximate surface area is 185 Å². The van der Waals surface area contributed by atoms with Crippen LogP contribution in [0, 0.1) is 28.6 Å². The molecule has 0 aromatic carbocycles. The smallest absolute Gasteiger partial charge is 0.302 e. The van der Waals surface area contributed by atoms with Gasteiger partial charge in [-0.15, -0.1) is 0 Å². The molecule has 0 bridgehead atoms. The molecule has 6 atom stereocenters. The zero-order valence-electron chi connectivity index (χ0n) is 18.7. The van der Waals surface area contributed by atoms with Gasteiger partial charge in [0.2, 0.25) is 0 Å². The Kier molecular flexibility index (Phi) is 5.58. The molecule has 4 aliphatic rings. The molecule has 164 valence electrons. The lowest BCUT2D eigenvalue weighted by atomic mass is 9.47. The van der Waals surface area contributed by atoms with Gasteiger partial charge in [-0.2, -0.15) is 5.10 Å². The van der Waals surface area contributed by atoms with Crippen molar-refractivity contribution >= 4 is 29.0 Å². The molecule has 2 saturated carbocycles. The predicted octanol–water partition coefficient (Wildman–Crippen LogP) is 4.63. The average molecular weight is 430 g/mol. The highest BCUT2D eigenvalue weighted by Crippen LogP contribution is 2.65. The number of carbonyl (C=O) groups is 1. The third kappa shape index (κ3) is 3.51. The number of hydrogen-bond acceptors (Lipinski definition) is 4. The number of esters is 1. The van der Waals surface area contributed by atoms with E-state index >= 15 is 0 Å². The molecule has 0 saturated heterocycles. The molecule has 4 rings (SSSR count). The molecule has 0 radical (unpaired) electrons. The molecule has 3 N–H and O–H groups in total. The van der Waals surface area contributed by atoms with Gasteiger partial charge in [-0.3, -0.25) is 10.2 Å². The van der Waals surface area contributed by atoms with Crippen LogP contribution in [0.2, 0.25) is 0 Å². The first-order chi connectivity index (χ1) is 14.1. The minimum atomic E-state index is -0.155. The van der Waals surface area contributed by atoms with Crippen LogP contribution in [-0.4, -0.2) is 22.9 Å². The number of ether oxygens (including phenoxy) is 1. The summed E-state index contributed by atoms with van der Waals surface area (Å²) in [5, 5.41) is 4.64. The maximum absolute atomic E-state index is 11.4. The van der Waals surface area contributed by atoms with E-state index < -0.39 is 0 Å². The van der Waals surface area contributed by atoms with E-state index in [1.54, 1.807) is 0 Å². The maximum Gasteiger partial charge on any atom is 0.302 e. The number of fused-ring (bicyclic) bond motifs is 5. The first-order valence-electron chi connectivity index (χ1n) is 11.3. The lowest BCUT2D eigenvalue weighted by Gasteiger charge is -2.57. The SMILES string of the molecule is CC(=O)OC1CC[C@@]2(C)C(=CC[C@@H]3[C@@H]2CC[C@]2(C)C(C(C)=NNC(N)=S)=CC[C@@H]32)C1. The molecule has 2 fully saturated rings. The van der Waals surface area contributed by atoms with Crippen LogP contribution in [0.4, 0.5) is 0 Å². The zero-order valence-corrected chi connectivity index (χ0v) is 19.5. The van der Waals surface area contributed by atoms with E-state index in [9.17, 15) is 4.79 Å². The van der Waals surface area contributed by atoms with Crippen LogP contribution >= 0.6 is 12.2 Å². The van der Waals surface area contributed by atoms with Gasteiger partial charge in [0.1, 0.15) is 6.10 Å². The topological polar surface area (TPSA) is 76.7 Å². The number of nitrogens with two attached hydrogens (primary N) is 1. The van der Waals surface area contributed by atoms with Crippen LogP contribution in [0.5, 0.6) is 0 Å². The molecule has 0 aliphatic heterocycles. The Morgan fingerprint density at radius 1 is 1.17 bits per heavy atom. The minimum Gasteiger partial charge on any atom is -0.462 e. The Hall–Kier alpha value is -1.69. The summed E-state index contributed by atoms with van der Waals surface area (Å²) in [7, 11) is 0. The molecular weight excluding hydrogens is 394 g/mol. The average Bonchev–Trinajstić information content (AvgIpc) is 3.03. The van der Waals surface area contributed by atoms with Gasteiger partial charge in [-0.1, -0.05) is 31.6 Å². The summed E-state index contributed by atoms with van der Waals surface area (Å²) in [6.45, 7) is 8.50. The van der Waals surface area contributed by atoms with Crippen molar-refractivity contribution < 1.29 is 9.53 Å². The van der Waals surface area contributed by atoms with Crippen molar-refractivity contribution in [3.63, 3.8) is 0 Å². The Morgan fingerprint density at radius 3 is 2.60 bits per heavy atom. The fraction of sp³-hybridized carbons (Fsp3) is 0.708. The molecule has 1 unspecified atom stereocenters. The second-order valence-electron chi connectivity index (χ2n) is 10.2. The lowest BCUT2D eigenvalue weighted by molar-refractivity contribution is -0.148. The summed E-state index contributed by atoms with van der Waals surface area (Å²) in [5.74, 6) is 1.92. The van der Waals surface area contributed by atoms with Crippen LogP contribution in [0.1, 0.15) is 72.6 Å². The normalized spacial score (nSPS) is 40.3. The molecule has 0 aromatic rings. The van der Waals surface area contributed by atoms with Crippen LogP contribution in [-0.2, 0) is 9.53 Å². The molecule has 0 spiro atoms. The number of rotatable bonds is 3. The molecule has 0 heterocycles. The Morgan fingerprint density at radius 2 is 1.90 bits per heavy atom. The lowest BCUT2D eigenvalue weighted by Crippen LogP contribution is -2.50. The number of allylic oxidation sites excluding steroid dienone is 3. The van der Waals surface area contributed by atoms with Crippen molar-refractivity contribution in [1.82, 2.24) is 5.43 Å². The van der Waals surface area contributed by atoms with Crippen LogP contribution < -0.4 is 11.2 Å². The molecule has 30 heavy (non-hydrogen) atoms. The zero-order chi connectivity index (χ0) is 21.7. The second-order valence-corrected chi connectivity index (χ2v) is 10.7. The third-order valence-electron chi connectivity index (χ3n) is 8.70. The van der Waals surface area contributed by atoms with E-state index in [1.165, 1.54) is 30.9 Å². The molecule has 5 nitrogen and oxygen atoms in total. The van der Waals surface area contributed by atoms with Gasteiger partial charge in [0, 0.05) is 13.3 Å². The third-order valence-corrected chi connectivity index (χ3v) is 8.79. The molecular formula is C24H35N3O2S. The summed E-state index contributed by atoms with van der Waals surface area (Å²) in [6.07, 6.45) is 12.7. The highest BCUT2D eigenvalue weighted by Gasteiger charge is 2.57. The van der Waals surface area contributed by atoms with Gasteiger partial charge >= 0.3 is 5.97 Å². The van der Waals surface area contributed by atoms with E-state index in [0.29, 0.717) is 17.8 Å². The standard InChI is InChI=1S/C24H35N3O2S/c1-14(26-27-22(25)30)19-7-8-20-18-6-5-16-13-17(29-15(2)28)9-11-23(16,3)21(18)10-12-24(19,20)4/h5,7,17-18,20-21H,6,8-13H2,1-4H3,(H3,25,27,30)/t17?,18-,20-,21-,23-,24+/m0/s1. The van der Waals surface area contributed by atoms with E-state index in [1.807, 2.05) is 0 Å². The van der Waals surface area contributed by atoms with E-state index in [4.69, 9.17) is 22.7 Å². The van der Waals surface area contributed by atoms with Gasteiger partial charge in [-0.05, 0) is 91.8 Å².